The monoisotopic (exact) mass is 190 g/mol. The first-order valence-corrected chi connectivity index (χ1v) is 4.53. The van der Waals surface area contributed by atoms with E-state index < -0.39 is 0 Å². The number of hydrazone groups is 1. The fraction of sp³-hybridized carbons (Fsp3) is 0.300. The Morgan fingerprint density at radius 2 is 2.50 bits per heavy atom. The zero-order valence-electron chi connectivity index (χ0n) is 8.06. The number of hydrogen-bond donors (Lipinski definition) is 1. The van der Waals surface area contributed by atoms with Crippen LogP contribution in [-0.2, 0) is 6.42 Å². The van der Waals surface area contributed by atoms with Crippen molar-refractivity contribution < 1.29 is 0 Å². The van der Waals surface area contributed by atoms with Crippen molar-refractivity contribution in [3.63, 3.8) is 0 Å². The quantitative estimate of drug-likeness (QED) is 0.317. The average molecular weight is 190 g/mol. The third-order valence-corrected chi connectivity index (χ3v) is 1.59. The van der Waals surface area contributed by atoms with Crippen LogP contribution in [0.5, 0.6) is 0 Å². The predicted octanol–water partition coefficient (Wildman–Crippen LogP) is 1.17. The molecule has 14 heavy (non-hydrogen) atoms. The van der Waals surface area contributed by atoms with Crippen molar-refractivity contribution in [1.29, 1.82) is 0 Å². The van der Waals surface area contributed by atoms with Crippen molar-refractivity contribution in [1.82, 2.24) is 15.4 Å². The highest BCUT2D eigenvalue weighted by Gasteiger charge is 1.87. The second-order valence-corrected chi connectivity index (χ2v) is 2.70. The number of hydrogen-bond acceptors (Lipinski definition) is 4. The molecule has 0 spiro atoms. The Morgan fingerprint density at radius 3 is 3.21 bits per heavy atom. The minimum Gasteiger partial charge on any atom is -0.310 e. The third kappa shape index (κ3) is 4.35. The van der Waals surface area contributed by atoms with E-state index in [1.54, 1.807) is 12.4 Å². The maximum absolute atomic E-state index is 4.07. The van der Waals surface area contributed by atoms with Gasteiger partial charge in [-0.2, -0.15) is 5.10 Å². The molecule has 74 valence electrons. The van der Waals surface area contributed by atoms with Gasteiger partial charge in [0.2, 0.25) is 0 Å². The molecule has 1 aromatic heterocycles. The molecular formula is C10H14N4. The Morgan fingerprint density at radius 1 is 1.57 bits per heavy atom. The second kappa shape index (κ2) is 6.77. The lowest BCUT2D eigenvalue weighted by atomic mass is 10.3. The van der Waals surface area contributed by atoms with E-state index in [0.29, 0.717) is 0 Å². The summed E-state index contributed by atoms with van der Waals surface area (Å²) < 4.78 is 0. The molecule has 0 saturated carbocycles. The van der Waals surface area contributed by atoms with Gasteiger partial charge in [-0.3, -0.25) is 0 Å². The van der Waals surface area contributed by atoms with Gasteiger partial charge in [0.15, 0.2) is 0 Å². The summed E-state index contributed by atoms with van der Waals surface area (Å²) in [6, 6.07) is 1.87. The maximum Gasteiger partial charge on any atom is 0.115 e. The summed E-state index contributed by atoms with van der Waals surface area (Å²) in [5, 5.41) is 4.02. The number of nitrogens with one attached hydrogen (secondary N) is 1. The Hall–Kier alpha value is -1.71. The molecule has 0 saturated heterocycles. The Kier molecular flexibility index (Phi) is 5.01. The van der Waals surface area contributed by atoms with Crippen LogP contribution in [0.3, 0.4) is 0 Å². The highest BCUT2D eigenvalue weighted by Crippen LogP contribution is 1.89. The van der Waals surface area contributed by atoms with Crippen LogP contribution in [0.2, 0.25) is 0 Å². The minimum absolute atomic E-state index is 0.726. The molecule has 0 aliphatic heterocycles. The maximum atomic E-state index is 4.07. The van der Waals surface area contributed by atoms with Crippen molar-refractivity contribution in [3.05, 3.63) is 36.9 Å². The standard InChI is InChI=1S/C10H14N4/c1-2-3-6-13-14-8-5-10-4-7-11-9-12-10/h2,4,7-9,13H,1,3,5-6H2/b14-8+. The van der Waals surface area contributed by atoms with Crippen molar-refractivity contribution in [2.45, 2.75) is 12.8 Å². The van der Waals surface area contributed by atoms with Crippen molar-refractivity contribution in [2.75, 3.05) is 6.54 Å². The molecule has 1 rings (SSSR count). The summed E-state index contributed by atoms with van der Waals surface area (Å²) in [7, 11) is 0. The van der Waals surface area contributed by atoms with E-state index in [0.717, 1.165) is 25.1 Å². The molecular weight excluding hydrogens is 176 g/mol. The van der Waals surface area contributed by atoms with Crippen LogP contribution in [0, 0.1) is 0 Å². The molecule has 0 radical (unpaired) electrons. The first-order chi connectivity index (χ1) is 6.93. The van der Waals surface area contributed by atoms with Gasteiger partial charge in [-0.25, -0.2) is 9.97 Å². The van der Waals surface area contributed by atoms with Crippen LogP contribution in [0.4, 0.5) is 0 Å². The van der Waals surface area contributed by atoms with E-state index in [1.165, 1.54) is 6.33 Å². The number of rotatable bonds is 6. The summed E-state index contributed by atoms with van der Waals surface area (Å²) >= 11 is 0. The van der Waals surface area contributed by atoms with Crippen LogP contribution in [0.15, 0.2) is 36.3 Å². The van der Waals surface area contributed by atoms with Gasteiger partial charge in [0.25, 0.3) is 0 Å². The van der Waals surface area contributed by atoms with Gasteiger partial charge in [-0.15, -0.1) is 6.58 Å². The third-order valence-electron chi connectivity index (χ3n) is 1.59. The number of aromatic nitrogens is 2. The molecule has 0 fully saturated rings. The molecule has 0 bridgehead atoms. The van der Waals surface area contributed by atoms with Gasteiger partial charge < -0.3 is 5.43 Å². The van der Waals surface area contributed by atoms with E-state index in [4.69, 9.17) is 0 Å². The van der Waals surface area contributed by atoms with Crippen LogP contribution in [0.25, 0.3) is 0 Å². The van der Waals surface area contributed by atoms with Crippen LogP contribution < -0.4 is 5.43 Å². The molecule has 1 N–H and O–H groups in total. The molecule has 0 atom stereocenters. The predicted molar refractivity (Wildman–Crippen MR) is 57.0 cm³/mol. The summed E-state index contributed by atoms with van der Waals surface area (Å²) in [6.07, 6.45) is 8.56. The zero-order valence-corrected chi connectivity index (χ0v) is 8.06. The fourth-order valence-electron chi connectivity index (χ4n) is 0.874. The molecule has 4 nitrogen and oxygen atoms in total. The van der Waals surface area contributed by atoms with Crippen molar-refractivity contribution in [2.24, 2.45) is 5.10 Å². The Bertz CT molecular complexity index is 281. The summed E-state index contributed by atoms with van der Waals surface area (Å²) in [5.74, 6) is 0. The summed E-state index contributed by atoms with van der Waals surface area (Å²) in [6.45, 7) is 4.44. The first kappa shape index (κ1) is 10.4. The Labute approximate surface area is 83.8 Å². The lowest BCUT2D eigenvalue weighted by molar-refractivity contribution is 0.744. The molecule has 0 aliphatic rings. The minimum atomic E-state index is 0.726. The van der Waals surface area contributed by atoms with Crippen LogP contribution in [0.1, 0.15) is 12.1 Å². The first-order valence-electron chi connectivity index (χ1n) is 4.53. The van der Waals surface area contributed by atoms with Crippen molar-refractivity contribution in [3.8, 4) is 0 Å². The SMILES string of the molecule is C=CCCN/N=C/Cc1ccncn1. The molecule has 1 aromatic rings. The van der Waals surface area contributed by atoms with E-state index in [9.17, 15) is 0 Å². The summed E-state index contributed by atoms with van der Waals surface area (Å²) in [5.41, 5.74) is 3.88. The second-order valence-electron chi connectivity index (χ2n) is 2.70. The smallest absolute Gasteiger partial charge is 0.115 e. The normalized spacial score (nSPS) is 10.3. The fourth-order valence-corrected chi connectivity index (χ4v) is 0.874. The molecule has 0 aromatic carbocycles. The Balaban J connectivity index is 2.17. The zero-order chi connectivity index (χ0) is 10.1. The van der Waals surface area contributed by atoms with Gasteiger partial charge in [0.05, 0.1) is 0 Å². The van der Waals surface area contributed by atoms with E-state index >= 15 is 0 Å². The molecule has 4 heteroatoms. The van der Waals surface area contributed by atoms with E-state index in [1.807, 2.05) is 12.1 Å². The average Bonchev–Trinajstić information content (AvgIpc) is 2.25. The topological polar surface area (TPSA) is 50.2 Å². The van der Waals surface area contributed by atoms with Gasteiger partial charge >= 0.3 is 0 Å². The van der Waals surface area contributed by atoms with E-state index in [-0.39, 0.29) is 0 Å². The lowest BCUT2D eigenvalue weighted by Crippen LogP contribution is -2.07. The lowest BCUT2D eigenvalue weighted by Gasteiger charge is -1.95. The molecule has 1 heterocycles. The molecule has 0 aliphatic carbocycles. The van der Waals surface area contributed by atoms with Gasteiger partial charge in [0, 0.05) is 31.1 Å². The van der Waals surface area contributed by atoms with Gasteiger partial charge in [-0.1, -0.05) is 6.08 Å². The highest BCUT2D eigenvalue weighted by atomic mass is 15.3. The van der Waals surface area contributed by atoms with Gasteiger partial charge in [-0.05, 0) is 12.5 Å². The highest BCUT2D eigenvalue weighted by molar-refractivity contribution is 5.59. The molecule has 0 unspecified atom stereocenters. The van der Waals surface area contributed by atoms with Gasteiger partial charge in [0.1, 0.15) is 6.33 Å². The van der Waals surface area contributed by atoms with Crippen LogP contribution in [-0.4, -0.2) is 22.7 Å². The number of nitrogens with zero attached hydrogens (tertiary/aromatic N) is 3. The largest absolute Gasteiger partial charge is 0.310 e. The molecule has 0 amide bonds. The van der Waals surface area contributed by atoms with Crippen LogP contribution >= 0.6 is 0 Å². The van der Waals surface area contributed by atoms with Crippen molar-refractivity contribution >= 4 is 6.21 Å². The summed E-state index contributed by atoms with van der Waals surface area (Å²) in [4.78, 5) is 7.90. The van der Waals surface area contributed by atoms with E-state index in [2.05, 4.69) is 27.1 Å².